The Hall–Kier alpha value is -5.46. The normalized spacial score (nSPS) is 16.4. The van der Waals surface area contributed by atoms with E-state index in [1.807, 2.05) is 30.3 Å². The lowest BCUT2D eigenvalue weighted by Gasteiger charge is -2.53. The number of carbonyl (C=O) groups is 2. The molecule has 3 aliphatic heterocycles. The summed E-state index contributed by atoms with van der Waals surface area (Å²) in [5.41, 5.74) is 4.43. The highest BCUT2D eigenvalue weighted by Crippen LogP contribution is 2.46. The molecule has 3 aromatic carbocycles. The van der Waals surface area contributed by atoms with Crippen LogP contribution in [0.5, 0.6) is 0 Å². The summed E-state index contributed by atoms with van der Waals surface area (Å²) in [6.07, 6.45) is 4.15. The lowest BCUT2D eigenvalue weighted by atomic mass is 9.73. The molecule has 6 aromatic rings. The fourth-order valence-electron chi connectivity index (χ4n) is 7.47. The Labute approximate surface area is 295 Å². The molecule has 2 amide bonds. The summed E-state index contributed by atoms with van der Waals surface area (Å²) in [6.45, 7) is 3.48. The Kier molecular flexibility index (Phi) is 7.66. The number of thiophene rings is 1. The number of halogens is 2. The third-order valence-electron chi connectivity index (χ3n) is 10.2. The first-order chi connectivity index (χ1) is 24.9. The van der Waals surface area contributed by atoms with Crippen LogP contribution in [-0.2, 0) is 11.2 Å². The largest absolute Gasteiger partial charge is 0.381 e. The Balaban J connectivity index is 0.948. The van der Waals surface area contributed by atoms with Gasteiger partial charge >= 0.3 is 0 Å². The molecule has 12 heteroatoms. The van der Waals surface area contributed by atoms with Crippen LogP contribution in [0.1, 0.15) is 39.1 Å². The van der Waals surface area contributed by atoms with Crippen molar-refractivity contribution in [3.8, 4) is 21.1 Å². The first-order valence-corrected chi connectivity index (χ1v) is 17.7. The van der Waals surface area contributed by atoms with Crippen molar-refractivity contribution in [2.75, 3.05) is 48.0 Å². The van der Waals surface area contributed by atoms with Crippen LogP contribution in [-0.4, -0.2) is 59.6 Å². The fraction of sp³-hybridized carbons (Fsp3) is 0.231. The number of para-hydroxylation sites is 2. The summed E-state index contributed by atoms with van der Waals surface area (Å²) in [6, 6.07) is 22.3. The van der Waals surface area contributed by atoms with Crippen LogP contribution in [0, 0.1) is 17.0 Å². The van der Waals surface area contributed by atoms with Gasteiger partial charge in [0.25, 0.3) is 11.8 Å². The van der Waals surface area contributed by atoms with Crippen LogP contribution in [0.25, 0.3) is 32.2 Å². The van der Waals surface area contributed by atoms with E-state index >= 15 is 4.39 Å². The van der Waals surface area contributed by atoms with E-state index in [0.29, 0.717) is 45.4 Å². The van der Waals surface area contributed by atoms with E-state index in [-0.39, 0.29) is 29.3 Å². The minimum atomic E-state index is -1.000. The van der Waals surface area contributed by atoms with E-state index in [9.17, 15) is 14.0 Å². The number of anilines is 3. The zero-order chi connectivity index (χ0) is 34.7. The van der Waals surface area contributed by atoms with E-state index in [4.69, 9.17) is 9.72 Å². The second-order valence-electron chi connectivity index (χ2n) is 13.4. The number of aromatic nitrogens is 3. The smallest absolute Gasteiger partial charge is 0.259 e. The first-order valence-electron chi connectivity index (χ1n) is 16.9. The van der Waals surface area contributed by atoms with Gasteiger partial charge in [-0.15, -0.1) is 11.3 Å². The molecule has 9 rings (SSSR count). The maximum absolute atomic E-state index is 15.7. The number of aromatic amines is 1. The van der Waals surface area contributed by atoms with Crippen LogP contribution < -0.4 is 15.1 Å². The number of fused-ring (bicyclic) bond motifs is 4. The topological polar surface area (TPSA) is 103 Å². The predicted molar refractivity (Wildman–Crippen MR) is 193 cm³/mol. The Bertz CT molecular complexity index is 2290. The monoisotopic (exact) mass is 702 g/mol. The number of hydrogen-bond donors (Lipinski definition) is 2. The minimum absolute atomic E-state index is 0.0595. The molecule has 0 saturated carbocycles. The molecule has 1 spiro atoms. The number of rotatable bonds is 5. The number of amides is 2. The molecule has 6 heterocycles. The average molecular weight is 703 g/mol. The van der Waals surface area contributed by atoms with E-state index in [0.717, 1.165) is 66.7 Å². The van der Waals surface area contributed by atoms with Gasteiger partial charge in [0.1, 0.15) is 11.6 Å². The highest BCUT2D eigenvalue weighted by Gasteiger charge is 2.45. The van der Waals surface area contributed by atoms with Crippen molar-refractivity contribution < 1.29 is 23.1 Å². The number of pyridine rings is 1. The lowest BCUT2D eigenvalue weighted by molar-refractivity contribution is -0.000509. The van der Waals surface area contributed by atoms with Gasteiger partial charge in [0, 0.05) is 60.6 Å². The second kappa shape index (κ2) is 12.4. The second-order valence-corrected chi connectivity index (χ2v) is 14.5. The van der Waals surface area contributed by atoms with Gasteiger partial charge in [-0.25, -0.2) is 18.7 Å². The van der Waals surface area contributed by atoms with Crippen LogP contribution in [0.4, 0.5) is 26.0 Å². The Morgan fingerprint density at radius 3 is 2.57 bits per heavy atom. The van der Waals surface area contributed by atoms with Gasteiger partial charge < -0.3 is 24.8 Å². The van der Waals surface area contributed by atoms with Crippen molar-refractivity contribution in [1.29, 1.82) is 0 Å². The zero-order valence-corrected chi connectivity index (χ0v) is 28.2. The molecule has 2 saturated heterocycles. The summed E-state index contributed by atoms with van der Waals surface area (Å²) in [4.78, 5) is 45.0. The molecule has 0 atom stereocenters. The van der Waals surface area contributed by atoms with Gasteiger partial charge in [0.2, 0.25) is 0 Å². The quantitative estimate of drug-likeness (QED) is 0.191. The molecule has 51 heavy (non-hydrogen) atoms. The molecule has 3 aromatic heterocycles. The number of benzene rings is 3. The van der Waals surface area contributed by atoms with E-state index in [1.54, 1.807) is 42.6 Å². The van der Waals surface area contributed by atoms with Crippen molar-refractivity contribution in [3.63, 3.8) is 0 Å². The molecule has 0 radical (unpaired) electrons. The van der Waals surface area contributed by atoms with Crippen LogP contribution in [0.3, 0.4) is 0 Å². The number of nitrogens with zero attached hydrogens (tertiary/aromatic N) is 4. The average Bonchev–Trinajstić information content (AvgIpc) is 3.74. The van der Waals surface area contributed by atoms with Crippen LogP contribution in [0.2, 0.25) is 0 Å². The number of imidazole rings is 1. The van der Waals surface area contributed by atoms with Crippen molar-refractivity contribution in [2.45, 2.75) is 19.3 Å². The van der Waals surface area contributed by atoms with Gasteiger partial charge in [-0.2, -0.15) is 0 Å². The zero-order valence-electron chi connectivity index (χ0n) is 27.4. The molecule has 256 valence electrons. The van der Waals surface area contributed by atoms with Crippen molar-refractivity contribution >= 4 is 51.4 Å². The fourth-order valence-corrected chi connectivity index (χ4v) is 8.67. The number of ether oxygens (including phenoxy) is 1. The molecule has 2 N–H and O–H groups in total. The van der Waals surface area contributed by atoms with Crippen molar-refractivity contribution in [1.82, 2.24) is 15.0 Å². The lowest BCUT2D eigenvalue weighted by Crippen LogP contribution is -2.59. The first kappa shape index (κ1) is 31.5. The Morgan fingerprint density at radius 2 is 1.76 bits per heavy atom. The van der Waals surface area contributed by atoms with Crippen LogP contribution in [0.15, 0.2) is 85.1 Å². The van der Waals surface area contributed by atoms with Gasteiger partial charge in [0.05, 0.1) is 32.7 Å². The molecule has 0 unspecified atom stereocenters. The maximum atomic E-state index is 15.7. The van der Waals surface area contributed by atoms with Crippen LogP contribution >= 0.6 is 11.3 Å². The molecule has 9 nitrogen and oxygen atoms in total. The SMILES string of the molecule is O=C(Nc1ccc(C(=O)N2CCc3cc(-c4nc5ccccc5[nH]4)sc3-c3c2ccc(F)c3F)cc1)c1cccnc1N1CC2(CCOCC2)C1. The standard InChI is InChI=1S/C39H32F2N6O3S/c40-27-11-12-30-32(33(27)41)34-24(20-31(51-34)35-44-28-5-1-2-6-29(28)45-35)13-17-47(30)38(49)23-7-9-25(10-8-23)43-37(48)26-4-3-16-42-36(26)46-21-39(22-46)14-18-50-19-15-39/h1-12,16,20H,13-15,17-19,21-22H2,(H,43,48)(H,44,45). The van der Waals surface area contributed by atoms with Crippen molar-refractivity contribution in [3.05, 3.63) is 113 Å². The van der Waals surface area contributed by atoms with Gasteiger partial charge in [-0.3, -0.25) is 9.59 Å². The number of H-pyrrole nitrogens is 1. The summed E-state index contributed by atoms with van der Waals surface area (Å²) in [5, 5.41) is 2.95. The summed E-state index contributed by atoms with van der Waals surface area (Å²) in [5.74, 6) is -1.33. The van der Waals surface area contributed by atoms with E-state index in [2.05, 4.69) is 20.2 Å². The molecule has 0 aliphatic carbocycles. The van der Waals surface area contributed by atoms with E-state index < -0.39 is 11.6 Å². The van der Waals surface area contributed by atoms with Gasteiger partial charge in [-0.05, 0) is 91.6 Å². The number of hydrogen-bond acceptors (Lipinski definition) is 7. The molecule has 0 bridgehead atoms. The maximum Gasteiger partial charge on any atom is 0.259 e. The Morgan fingerprint density at radius 1 is 0.961 bits per heavy atom. The van der Waals surface area contributed by atoms with Gasteiger partial charge in [0.15, 0.2) is 11.6 Å². The molecule has 3 aliphatic rings. The minimum Gasteiger partial charge on any atom is -0.381 e. The highest BCUT2D eigenvalue weighted by molar-refractivity contribution is 7.19. The summed E-state index contributed by atoms with van der Waals surface area (Å²) in [7, 11) is 0. The van der Waals surface area contributed by atoms with E-state index in [1.165, 1.54) is 22.3 Å². The highest BCUT2D eigenvalue weighted by atomic mass is 32.1. The number of nitrogens with one attached hydrogen (secondary N) is 2. The van der Waals surface area contributed by atoms with Crippen molar-refractivity contribution in [2.24, 2.45) is 5.41 Å². The van der Waals surface area contributed by atoms with Gasteiger partial charge in [-0.1, -0.05) is 12.1 Å². The summed E-state index contributed by atoms with van der Waals surface area (Å²) < 4.78 is 36.0. The third kappa shape index (κ3) is 5.55. The number of carbonyl (C=O) groups excluding carboxylic acids is 2. The molecular weight excluding hydrogens is 671 g/mol. The molecule has 2 fully saturated rings. The predicted octanol–water partition coefficient (Wildman–Crippen LogP) is 7.70. The third-order valence-corrected chi connectivity index (χ3v) is 11.4. The summed E-state index contributed by atoms with van der Waals surface area (Å²) >= 11 is 1.32. The molecular formula is C39H32F2N6O3S.